The van der Waals surface area contributed by atoms with Crippen LogP contribution in [0.4, 0.5) is 0 Å². The summed E-state index contributed by atoms with van der Waals surface area (Å²) in [6, 6.07) is 8.17. The Morgan fingerprint density at radius 3 is 3.10 bits per heavy atom. The number of hydrogen-bond acceptors (Lipinski definition) is 3. The normalized spacial score (nSPS) is 26.8. The highest BCUT2D eigenvalue weighted by atomic mass is 16.5. The van der Waals surface area contributed by atoms with Gasteiger partial charge in [-0.2, -0.15) is 0 Å². The van der Waals surface area contributed by atoms with Crippen LogP contribution in [-0.4, -0.2) is 44.6 Å². The lowest BCUT2D eigenvalue weighted by Crippen LogP contribution is -2.36. The van der Waals surface area contributed by atoms with Crippen molar-refractivity contribution >= 4 is 5.91 Å². The number of fused-ring (bicyclic) bond motifs is 2. The van der Waals surface area contributed by atoms with E-state index >= 15 is 0 Å². The number of carbonyl (C=O) groups excluding carboxylic acids is 1. The summed E-state index contributed by atoms with van der Waals surface area (Å²) in [6.45, 7) is 2.32. The second-order valence-corrected chi connectivity index (χ2v) is 5.87. The predicted molar refractivity (Wildman–Crippen MR) is 77.9 cm³/mol. The van der Waals surface area contributed by atoms with Gasteiger partial charge in [-0.25, -0.2) is 0 Å². The Kier molecular flexibility index (Phi) is 3.42. The molecule has 0 bridgehead atoms. The van der Waals surface area contributed by atoms with Gasteiger partial charge in [-0.05, 0) is 26.0 Å². The van der Waals surface area contributed by atoms with Gasteiger partial charge in [0.15, 0.2) is 0 Å². The largest absolute Gasteiger partial charge is 0.493 e. The van der Waals surface area contributed by atoms with Crippen LogP contribution >= 0.6 is 0 Å². The molecule has 4 heteroatoms. The van der Waals surface area contributed by atoms with Crippen LogP contribution in [0.15, 0.2) is 24.3 Å². The monoisotopic (exact) mass is 274 g/mol. The summed E-state index contributed by atoms with van der Waals surface area (Å²) in [7, 11) is 3.81. The van der Waals surface area contributed by atoms with E-state index in [1.165, 1.54) is 5.56 Å². The first kappa shape index (κ1) is 13.4. The third kappa shape index (κ3) is 2.08. The minimum atomic E-state index is 0.0415. The number of hydrogen-bond donors (Lipinski definition) is 1. The first-order chi connectivity index (χ1) is 9.69. The van der Waals surface area contributed by atoms with E-state index in [4.69, 9.17) is 4.74 Å². The quantitative estimate of drug-likeness (QED) is 0.902. The predicted octanol–water partition coefficient (Wildman–Crippen LogP) is 1.40. The van der Waals surface area contributed by atoms with E-state index in [0.29, 0.717) is 0 Å². The Balaban J connectivity index is 1.76. The molecule has 20 heavy (non-hydrogen) atoms. The van der Waals surface area contributed by atoms with Crippen LogP contribution in [0.2, 0.25) is 0 Å². The molecular weight excluding hydrogens is 252 g/mol. The number of benzene rings is 1. The van der Waals surface area contributed by atoms with E-state index in [1.54, 1.807) is 0 Å². The minimum Gasteiger partial charge on any atom is -0.493 e. The lowest BCUT2D eigenvalue weighted by molar-refractivity contribution is -0.131. The molecule has 1 N–H and O–H groups in total. The number of amides is 1. The van der Waals surface area contributed by atoms with E-state index in [1.807, 2.05) is 37.2 Å². The topological polar surface area (TPSA) is 41.6 Å². The van der Waals surface area contributed by atoms with Crippen LogP contribution < -0.4 is 10.1 Å². The van der Waals surface area contributed by atoms with Crippen molar-refractivity contribution in [3.8, 4) is 5.75 Å². The van der Waals surface area contributed by atoms with Gasteiger partial charge in [-0.15, -0.1) is 0 Å². The molecule has 0 radical (unpaired) electrons. The van der Waals surface area contributed by atoms with Gasteiger partial charge in [0.05, 0.1) is 6.61 Å². The lowest BCUT2D eigenvalue weighted by Gasteiger charge is -2.27. The molecule has 1 aromatic rings. The van der Waals surface area contributed by atoms with Crippen molar-refractivity contribution in [2.24, 2.45) is 5.92 Å². The smallest absolute Gasteiger partial charge is 0.226 e. The zero-order chi connectivity index (χ0) is 14.2. The molecule has 0 saturated heterocycles. The van der Waals surface area contributed by atoms with E-state index in [0.717, 1.165) is 38.3 Å². The fraction of sp³-hybridized carbons (Fsp3) is 0.562. The van der Waals surface area contributed by atoms with Gasteiger partial charge >= 0.3 is 0 Å². The molecule has 3 rings (SSSR count). The van der Waals surface area contributed by atoms with Crippen LogP contribution in [0.5, 0.6) is 5.75 Å². The Labute approximate surface area is 120 Å². The average molecular weight is 274 g/mol. The highest BCUT2D eigenvalue weighted by Crippen LogP contribution is 2.61. The van der Waals surface area contributed by atoms with E-state index in [2.05, 4.69) is 11.4 Å². The second-order valence-electron chi connectivity index (χ2n) is 5.87. The van der Waals surface area contributed by atoms with Gasteiger partial charge in [0.25, 0.3) is 0 Å². The van der Waals surface area contributed by atoms with Gasteiger partial charge < -0.3 is 15.0 Å². The molecule has 1 amide bonds. The number of para-hydroxylation sites is 1. The van der Waals surface area contributed by atoms with Gasteiger partial charge in [-0.1, -0.05) is 18.2 Å². The average Bonchev–Trinajstić information content (AvgIpc) is 3.19. The maximum atomic E-state index is 12.6. The molecule has 2 aliphatic rings. The molecular formula is C16H22N2O2. The summed E-state index contributed by atoms with van der Waals surface area (Å²) in [6.07, 6.45) is 1.93. The number of ether oxygens (including phenoxy) is 1. The third-order valence-electron chi connectivity index (χ3n) is 4.68. The number of nitrogens with one attached hydrogen (secondary N) is 1. The minimum absolute atomic E-state index is 0.0415. The van der Waals surface area contributed by atoms with Crippen molar-refractivity contribution in [2.75, 3.05) is 33.8 Å². The standard InChI is InChI=1S/C16H22N2O2/c1-17-8-9-18(2)15(19)13-11-16(13)7-10-20-14-6-4-3-5-12(14)16/h3-6,13,17H,7-11H2,1-2H3. The third-order valence-corrected chi connectivity index (χ3v) is 4.68. The molecule has 4 nitrogen and oxygen atoms in total. The molecule has 1 heterocycles. The van der Waals surface area contributed by atoms with Crippen molar-refractivity contribution in [2.45, 2.75) is 18.3 Å². The van der Waals surface area contributed by atoms with Crippen LogP contribution in [0.25, 0.3) is 0 Å². The SMILES string of the molecule is CNCCN(C)C(=O)C1CC12CCOc1ccccc12. The van der Waals surface area contributed by atoms with Gasteiger partial charge in [0.1, 0.15) is 5.75 Å². The van der Waals surface area contributed by atoms with Crippen LogP contribution in [0.3, 0.4) is 0 Å². The van der Waals surface area contributed by atoms with Crippen molar-refractivity contribution in [1.82, 2.24) is 10.2 Å². The molecule has 108 valence electrons. The molecule has 1 aliphatic carbocycles. The lowest BCUT2D eigenvalue weighted by atomic mass is 9.87. The van der Waals surface area contributed by atoms with Gasteiger partial charge in [0, 0.05) is 37.0 Å². The Morgan fingerprint density at radius 1 is 1.50 bits per heavy atom. The molecule has 1 spiro atoms. The van der Waals surface area contributed by atoms with Crippen LogP contribution in [-0.2, 0) is 10.2 Å². The summed E-state index contributed by atoms with van der Waals surface area (Å²) in [5, 5.41) is 3.09. The Morgan fingerprint density at radius 2 is 2.30 bits per heavy atom. The zero-order valence-corrected chi connectivity index (χ0v) is 12.2. The van der Waals surface area contributed by atoms with Crippen molar-refractivity contribution < 1.29 is 9.53 Å². The fourth-order valence-electron chi connectivity index (χ4n) is 3.34. The van der Waals surface area contributed by atoms with E-state index < -0.39 is 0 Å². The number of likely N-dealkylation sites (N-methyl/N-ethyl adjacent to an activating group) is 2. The molecule has 2 atom stereocenters. The summed E-state index contributed by atoms with van der Waals surface area (Å²) in [4.78, 5) is 14.4. The molecule has 2 unspecified atom stereocenters. The summed E-state index contributed by atoms with van der Waals surface area (Å²) in [5.74, 6) is 1.37. The van der Waals surface area contributed by atoms with Crippen LogP contribution in [0, 0.1) is 5.92 Å². The maximum absolute atomic E-state index is 12.6. The molecule has 1 fully saturated rings. The van der Waals surface area contributed by atoms with Crippen molar-refractivity contribution in [1.29, 1.82) is 0 Å². The van der Waals surface area contributed by atoms with Crippen molar-refractivity contribution in [3.05, 3.63) is 29.8 Å². The Bertz CT molecular complexity index is 517. The summed E-state index contributed by atoms with van der Waals surface area (Å²) >= 11 is 0. The highest BCUT2D eigenvalue weighted by Gasteiger charge is 2.61. The number of nitrogens with zero attached hydrogens (tertiary/aromatic N) is 1. The van der Waals surface area contributed by atoms with E-state index in [9.17, 15) is 4.79 Å². The van der Waals surface area contributed by atoms with E-state index in [-0.39, 0.29) is 17.2 Å². The maximum Gasteiger partial charge on any atom is 0.226 e. The zero-order valence-electron chi connectivity index (χ0n) is 12.2. The second kappa shape index (κ2) is 5.09. The fourth-order valence-corrected chi connectivity index (χ4v) is 3.34. The Hall–Kier alpha value is -1.55. The molecule has 1 aromatic carbocycles. The van der Waals surface area contributed by atoms with Gasteiger partial charge in [0.2, 0.25) is 5.91 Å². The highest BCUT2D eigenvalue weighted by molar-refractivity contribution is 5.84. The first-order valence-corrected chi connectivity index (χ1v) is 7.31. The molecule has 1 aliphatic heterocycles. The van der Waals surface area contributed by atoms with Crippen LogP contribution in [0.1, 0.15) is 18.4 Å². The number of rotatable bonds is 4. The molecule has 1 saturated carbocycles. The molecule has 0 aromatic heterocycles. The van der Waals surface area contributed by atoms with Crippen molar-refractivity contribution in [3.63, 3.8) is 0 Å². The first-order valence-electron chi connectivity index (χ1n) is 7.31. The summed E-state index contributed by atoms with van der Waals surface area (Å²) in [5.41, 5.74) is 1.27. The summed E-state index contributed by atoms with van der Waals surface area (Å²) < 4.78 is 5.72. The number of carbonyl (C=O) groups is 1. The van der Waals surface area contributed by atoms with Gasteiger partial charge in [-0.3, -0.25) is 4.79 Å².